The van der Waals surface area contributed by atoms with Crippen LogP contribution in [0.1, 0.15) is 41.7 Å². The van der Waals surface area contributed by atoms with Gasteiger partial charge in [-0.2, -0.15) is 0 Å². The van der Waals surface area contributed by atoms with E-state index in [0.717, 1.165) is 17.7 Å². The first kappa shape index (κ1) is 21.1. The average Bonchev–Trinajstić information content (AvgIpc) is 2.58. The van der Waals surface area contributed by atoms with E-state index in [9.17, 15) is 18.4 Å². The Morgan fingerprint density at radius 3 is 2.52 bits per heavy atom. The van der Waals surface area contributed by atoms with Crippen LogP contribution >= 0.6 is 23.2 Å². The highest BCUT2D eigenvalue weighted by Gasteiger charge is 2.14. The minimum absolute atomic E-state index is 0.168. The van der Waals surface area contributed by atoms with Crippen LogP contribution in [0.15, 0.2) is 36.4 Å². The first-order chi connectivity index (χ1) is 12.8. The first-order valence-corrected chi connectivity index (χ1v) is 9.01. The Hall–Kier alpha value is -2.18. The van der Waals surface area contributed by atoms with Crippen LogP contribution in [0.25, 0.3) is 0 Å². The molecule has 0 spiro atoms. The monoisotopic (exact) mass is 414 g/mol. The molecule has 0 radical (unpaired) electrons. The van der Waals surface area contributed by atoms with Crippen molar-refractivity contribution in [3.05, 3.63) is 69.2 Å². The summed E-state index contributed by atoms with van der Waals surface area (Å²) in [4.78, 5) is 23.9. The van der Waals surface area contributed by atoms with Crippen molar-refractivity contribution in [2.24, 2.45) is 0 Å². The molecule has 2 amide bonds. The van der Waals surface area contributed by atoms with Crippen LogP contribution < -0.4 is 10.6 Å². The van der Waals surface area contributed by atoms with Gasteiger partial charge in [-0.3, -0.25) is 9.59 Å². The Morgan fingerprint density at radius 2 is 1.85 bits per heavy atom. The second-order valence-electron chi connectivity index (χ2n) is 5.94. The third kappa shape index (κ3) is 6.19. The van der Waals surface area contributed by atoms with E-state index in [2.05, 4.69) is 10.6 Å². The molecule has 0 saturated heterocycles. The van der Waals surface area contributed by atoms with Crippen LogP contribution in [0.3, 0.4) is 0 Å². The minimum Gasteiger partial charge on any atom is -0.352 e. The molecule has 1 atom stereocenters. The SMILES string of the molecule is CC(NC(=O)CCCNC(=O)c1ccc(F)cc1F)c1ccc(Cl)cc1Cl. The predicted octanol–water partition coefficient (Wildman–Crippen LogP) is 4.66. The van der Waals surface area contributed by atoms with Gasteiger partial charge in [0.1, 0.15) is 11.6 Å². The normalized spacial score (nSPS) is 11.7. The minimum atomic E-state index is -0.932. The van der Waals surface area contributed by atoms with E-state index in [1.54, 1.807) is 25.1 Å². The fraction of sp³-hybridized carbons (Fsp3) is 0.263. The highest BCUT2D eigenvalue weighted by atomic mass is 35.5. The number of halogens is 4. The van der Waals surface area contributed by atoms with Gasteiger partial charge in [0.25, 0.3) is 5.91 Å². The second kappa shape index (κ2) is 9.67. The molecule has 8 heteroatoms. The molecule has 0 aliphatic carbocycles. The Morgan fingerprint density at radius 1 is 1.11 bits per heavy atom. The summed E-state index contributed by atoms with van der Waals surface area (Å²) in [5, 5.41) is 6.28. The molecule has 2 aromatic carbocycles. The van der Waals surface area contributed by atoms with Crippen molar-refractivity contribution < 1.29 is 18.4 Å². The third-order valence-corrected chi connectivity index (χ3v) is 4.41. The lowest BCUT2D eigenvalue weighted by atomic mass is 10.1. The summed E-state index contributed by atoms with van der Waals surface area (Å²) in [5.41, 5.74) is 0.501. The molecule has 0 saturated carbocycles. The maximum atomic E-state index is 13.5. The van der Waals surface area contributed by atoms with E-state index >= 15 is 0 Å². The van der Waals surface area contributed by atoms with Gasteiger partial charge >= 0.3 is 0 Å². The van der Waals surface area contributed by atoms with Gasteiger partial charge in [-0.05, 0) is 43.2 Å². The van der Waals surface area contributed by atoms with Gasteiger partial charge in [0.15, 0.2) is 0 Å². The van der Waals surface area contributed by atoms with E-state index in [4.69, 9.17) is 23.2 Å². The molecule has 0 aliphatic rings. The smallest absolute Gasteiger partial charge is 0.254 e. The Balaban J connectivity index is 1.76. The molecule has 2 rings (SSSR count). The van der Waals surface area contributed by atoms with Crippen molar-refractivity contribution >= 4 is 35.0 Å². The van der Waals surface area contributed by atoms with E-state index in [1.165, 1.54) is 0 Å². The molecule has 144 valence electrons. The van der Waals surface area contributed by atoms with Crippen LogP contribution in [0, 0.1) is 11.6 Å². The number of hydrogen-bond donors (Lipinski definition) is 2. The topological polar surface area (TPSA) is 58.2 Å². The van der Waals surface area contributed by atoms with Crippen LogP contribution in [0.2, 0.25) is 10.0 Å². The highest BCUT2D eigenvalue weighted by Crippen LogP contribution is 2.26. The molecular formula is C19H18Cl2F2N2O2. The molecule has 4 nitrogen and oxygen atoms in total. The van der Waals surface area contributed by atoms with E-state index in [0.29, 0.717) is 22.5 Å². The summed E-state index contributed by atoms with van der Waals surface area (Å²) >= 11 is 12.0. The summed E-state index contributed by atoms with van der Waals surface area (Å²) in [5.74, 6) is -2.56. The zero-order valence-electron chi connectivity index (χ0n) is 14.5. The molecule has 0 fully saturated rings. The molecule has 27 heavy (non-hydrogen) atoms. The van der Waals surface area contributed by atoms with Gasteiger partial charge in [-0.1, -0.05) is 29.3 Å². The van der Waals surface area contributed by atoms with Crippen molar-refractivity contribution in [2.75, 3.05) is 6.54 Å². The van der Waals surface area contributed by atoms with Crippen molar-refractivity contribution in [3.8, 4) is 0 Å². The lowest BCUT2D eigenvalue weighted by Crippen LogP contribution is -2.29. The lowest BCUT2D eigenvalue weighted by molar-refractivity contribution is -0.121. The van der Waals surface area contributed by atoms with Crippen molar-refractivity contribution in [1.29, 1.82) is 0 Å². The second-order valence-corrected chi connectivity index (χ2v) is 6.78. The molecule has 0 aliphatic heterocycles. The average molecular weight is 415 g/mol. The fourth-order valence-corrected chi connectivity index (χ4v) is 3.04. The Labute approximate surface area is 165 Å². The third-order valence-electron chi connectivity index (χ3n) is 3.85. The Kier molecular flexibility index (Phi) is 7.56. The van der Waals surface area contributed by atoms with Crippen LogP contribution in [-0.4, -0.2) is 18.4 Å². The standard InChI is InChI=1S/C19H18Cl2F2N2O2/c1-11(14-6-4-12(20)9-16(14)21)25-18(26)3-2-8-24-19(27)15-7-5-13(22)10-17(15)23/h4-7,9-11H,2-3,8H2,1H3,(H,24,27)(H,25,26). The molecule has 0 heterocycles. The highest BCUT2D eigenvalue weighted by molar-refractivity contribution is 6.35. The maximum Gasteiger partial charge on any atom is 0.254 e. The van der Waals surface area contributed by atoms with Gasteiger partial charge in [0.05, 0.1) is 11.6 Å². The fourth-order valence-electron chi connectivity index (χ4n) is 2.46. The first-order valence-electron chi connectivity index (χ1n) is 8.25. The van der Waals surface area contributed by atoms with Crippen molar-refractivity contribution in [3.63, 3.8) is 0 Å². The summed E-state index contributed by atoms with van der Waals surface area (Å²) in [6.45, 7) is 1.98. The number of amides is 2. The number of carbonyl (C=O) groups is 2. The number of carbonyl (C=O) groups excluding carboxylic acids is 2. The van der Waals surface area contributed by atoms with Crippen LogP contribution in [-0.2, 0) is 4.79 Å². The van der Waals surface area contributed by atoms with Crippen LogP contribution in [0.4, 0.5) is 8.78 Å². The maximum absolute atomic E-state index is 13.5. The zero-order chi connectivity index (χ0) is 20.0. The van der Waals surface area contributed by atoms with Gasteiger partial charge in [0.2, 0.25) is 5.91 Å². The largest absolute Gasteiger partial charge is 0.352 e. The number of rotatable bonds is 7. The van der Waals surface area contributed by atoms with Gasteiger partial charge < -0.3 is 10.6 Å². The molecule has 2 aromatic rings. The van der Waals surface area contributed by atoms with Gasteiger partial charge in [-0.15, -0.1) is 0 Å². The van der Waals surface area contributed by atoms with Gasteiger partial charge in [-0.25, -0.2) is 8.78 Å². The molecule has 1 unspecified atom stereocenters. The summed E-state index contributed by atoms with van der Waals surface area (Å²) in [6, 6.07) is 7.46. The lowest BCUT2D eigenvalue weighted by Gasteiger charge is -2.16. The number of hydrogen-bond acceptors (Lipinski definition) is 2. The molecular weight excluding hydrogens is 397 g/mol. The van der Waals surface area contributed by atoms with E-state index < -0.39 is 17.5 Å². The molecule has 0 aromatic heterocycles. The number of benzene rings is 2. The molecule has 0 bridgehead atoms. The summed E-state index contributed by atoms with van der Waals surface area (Å²) < 4.78 is 26.4. The quantitative estimate of drug-likeness (QED) is 0.647. The predicted molar refractivity (Wildman–Crippen MR) is 101 cm³/mol. The zero-order valence-corrected chi connectivity index (χ0v) is 16.0. The van der Waals surface area contributed by atoms with Crippen molar-refractivity contribution in [2.45, 2.75) is 25.8 Å². The van der Waals surface area contributed by atoms with E-state index in [1.807, 2.05) is 0 Å². The summed E-state index contributed by atoms with van der Waals surface area (Å²) in [6.07, 6.45) is 0.531. The van der Waals surface area contributed by atoms with Crippen LogP contribution in [0.5, 0.6) is 0 Å². The molecule has 2 N–H and O–H groups in total. The van der Waals surface area contributed by atoms with Crippen molar-refractivity contribution in [1.82, 2.24) is 10.6 Å². The van der Waals surface area contributed by atoms with E-state index in [-0.39, 0.29) is 30.5 Å². The Bertz CT molecular complexity index is 846. The van der Waals surface area contributed by atoms with Gasteiger partial charge in [0, 0.05) is 29.1 Å². The summed E-state index contributed by atoms with van der Waals surface area (Å²) in [7, 11) is 0. The number of nitrogens with one attached hydrogen (secondary N) is 2.